The van der Waals surface area contributed by atoms with Crippen LogP contribution in [0.3, 0.4) is 0 Å². The summed E-state index contributed by atoms with van der Waals surface area (Å²) in [5, 5.41) is 20.5. The number of hydrogen-bond donors (Lipinski definition) is 2. The molecule has 24 heavy (non-hydrogen) atoms. The van der Waals surface area contributed by atoms with E-state index in [1.807, 2.05) is 6.08 Å². The van der Waals surface area contributed by atoms with Crippen LogP contribution in [0.4, 0.5) is 0 Å². The van der Waals surface area contributed by atoms with Crippen LogP contribution in [-0.2, 0) is 0 Å². The predicted octanol–water partition coefficient (Wildman–Crippen LogP) is 6.23. The van der Waals surface area contributed by atoms with Crippen LogP contribution in [-0.4, -0.2) is 40.8 Å². The Kier molecular flexibility index (Phi) is 16.0. The molecule has 0 bridgehead atoms. The summed E-state index contributed by atoms with van der Waals surface area (Å²) >= 11 is -2.31. The third-order valence-corrected chi connectivity index (χ3v) is 19.4. The van der Waals surface area contributed by atoms with E-state index in [4.69, 9.17) is 0 Å². The van der Waals surface area contributed by atoms with Gasteiger partial charge in [-0.3, -0.25) is 0 Å². The summed E-state index contributed by atoms with van der Waals surface area (Å²) in [6.45, 7) is 9.02. The third kappa shape index (κ3) is 11.1. The van der Waals surface area contributed by atoms with Crippen molar-refractivity contribution < 1.29 is 10.2 Å². The molecule has 0 saturated carbocycles. The first kappa shape index (κ1) is 24.5. The standard InChI is InChI=1S/C9H17O2.3C4H9.Sn/c1-3-5-6-7-9(11)8(10)4-2;3*1-3-4-2;/h2,4,8-11H,3,5-7H2,1H3;3*1,3-4H2,2H3;/t8-,9+;;;;/m1..../s1. The van der Waals surface area contributed by atoms with Crippen LogP contribution >= 0.6 is 0 Å². The molecule has 0 aromatic heterocycles. The molecule has 0 aliphatic rings. The van der Waals surface area contributed by atoms with Gasteiger partial charge in [0.15, 0.2) is 0 Å². The minimum absolute atomic E-state index is 0.583. The first-order valence-corrected chi connectivity index (χ1v) is 18.3. The van der Waals surface area contributed by atoms with Crippen molar-refractivity contribution in [3.05, 3.63) is 10.2 Å². The molecule has 0 spiro atoms. The fourth-order valence-electron chi connectivity index (χ4n) is 3.42. The van der Waals surface area contributed by atoms with Crippen molar-refractivity contribution in [2.45, 2.75) is 117 Å². The molecular weight excluding hydrogens is 403 g/mol. The Labute approximate surface area is 156 Å². The Hall–Kier alpha value is 0.459. The van der Waals surface area contributed by atoms with E-state index in [1.54, 1.807) is 0 Å². The Balaban J connectivity index is 4.88. The first-order valence-electron chi connectivity index (χ1n) is 10.6. The quantitative estimate of drug-likeness (QED) is 0.218. The van der Waals surface area contributed by atoms with Crippen molar-refractivity contribution in [3.63, 3.8) is 0 Å². The second-order valence-corrected chi connectivity index (χ2v) is 20.6. The number of hydrogen-bond acceptors (Lipinski definition) is 2. The van der Waals surface area contributed by atoms with Gasteiger partial charge in [0.05, 0.1) is 0 Å². The van der Waals surface area contributed by atoms with Gasteiger partial charge in [-0.05, 0) is 0 Å². The van der Waals surface area contributed by atoms with Crippen molar-refractivity contribution in [2.24, 2.45) is 0 Å². The molecule has 0 aromatic rings. The number of rotatable bonds is 16. The Morgan fingerprint density at radius 2 is 1.17 bits per heavy atom. The molecule has 2 nitrogen and oxygen atoms in total. The average molecular weight is 447 g/mol. The van der Waals surface area contributed by atoms with E-state index in [1.165, 1.54) is 51.8 Å². The van der Waals surface area contributed by atoms with E-state index in [-0.39, 0.29) is 0 Å². The van der Waals surface area contributed by atoms with Gasteiger partial charge < -0.3 is 0 Å². The maximum absolute atomic E-state index is 10.4. The molecular formula is C21H44O2Sn. The Morgan fingerprint density at radius 1 is 0.708 bits per heavy atom. The van der Waals surface area contributed by atoms with Crippen LogP contribution in [0.1, 0.15) is 91.9 Å². The van der Waals surface area contributed by atoms with Crippen LogP contribution in [0, 0.1) is 0 Å². The SMILES string of the molecule is CCCCC[C@H](O)[C@H](O)/C=[CH]/[Sn]([CH2]CCC)([CH2]CCC)[CH2]CCC. The molecule has 0 fully saturated rings. The van der Waals surface area contributed by atoms with E-state index in [2.05, 4.69) is 31.8 Å². The molecule has 0 aliphatic heterocycles. The summed E-state index contributed by atoms with van der Waals surface area (Å²) in [5.41, 5.74) is 0. The summed E-state index contributed by atoms with van der Waals surface area (Å²) in [4.78, 5) is 0. The molecule has 0 amide bonds. The van der Waals surface area contributed by atoms with Crippen LogP contribution in [0.5, 0.6) is 0 Å². The van der Waals surface area contributed by atoms with Gasteiger partial charge in [0.25, 0.3) is 0 Å². The summed E-state index contributed by atoms with van der Waals surface area (Å²) in [6, 6.07) is 0. The third-order valence-electron chi connectivity index (χ3n) is 5.23. The van der Waals surface area contributed by atoms with Crippen molar-refractivity contribution >= 4 is 18.4 Å². The second kappa shape index (κ2) is 15.7. The molecule has 0 aromatic carbocycles. The minimum atomic E-state index is -2.31. The number of unbranched alkanes of at least 4 members (excludes halogenated alkanes) is 5. The monoisotopic (exact) mass is 448 g/mol. The normalized spacial score (nSPS) is 15.1. The van der Waals surface area contributed by atoms with Crippen LogP contribution in [0.25, 0.3) is 0 Å². The molecule has 0 aliphatic carbocycles. The molecule has 0 heterocycles. The zero-order chi connectivity index (χ0) is 18.3. The molecule has 0 rings (SSSR count). The first-order chi connectivity index (χ1) is 11.5. The summed E-state index contributed by atoms with van der Waals surface area (Å²) < 4.78 is 6.73. The van der Waals surface area contributed by atoms with Crippen LogP contribution < -0.4 is 0 Å². The second-order valence-electron chi connectivity index (χ2n) is 7.59. The molecule has 0 radical (unpaired) electrons. The van der Waals surface area contributed by atoms with Crippen LogP contribution in [0.15, 0.2) is 10.2 Å². The molecule has 0 unspecified atom stereocenters. The van der Waals surface area contributed by atoms with Crippen LogP contribution in [0.2, 0.25) is 13.3 Å². The van der Waals surface area contributed by atoms with Gasteiger partial charge >= 0.3 is 156 Å². The van der Waals surface area contributed by atoms with Crippen molar-refractivity contribution in [3.8, 4) is 0 Å². The Morgan fingerprint density at radius 3 is 1.58 bits per heavy atom. The van der Waals surface area contributed by atoms with Gasteiger partial charge in [-0.25, -0.2) is 0 Å². The molecule has 2 N–H and O–H groups in total. The number of aliphatic hydroxyl groups excluding tert-OH is 2. The zero-order valence-corrected chi connectivity index (χ0v) is 19.8. The predicted molar refractivity (Wildman–Crippen MR) is 110 cm³/mol. The summed E-state index contributed by atoms with van der Waals surface area (Å²) in [5.74, 6) is 0. The van der Waals surface area contributed by atoms with E-state index in [9.17, 15) is 10.2 Å². The summed E-state index contributed by atoms with van der Waals surface area (Å²) in [6.07, 6.45) is 12.6. The van der Waals surface area contributed by atoms with Gasteiger partial charge in [-0.1, -0.05) is 0 Å². The molecule has 3 heteroatoms. The maximum atomic E-state index is 10.4. The zero-order valence-electron chi connectivity index (χ0n) is 16.9. The van der Waals surface area contributed by atoms with E-state index in [0.29, 0.717) is 0 Å². The van der Waals surface area contributed by atoms with Gasteiger partial charge in [0, 0.05) is 0 Å². The molecule has 144 valence electrons. The molecule has 0 saturated heterocycles. The summed E-state index contributed by atoms with van der Waals surface area (Å²) in [7, 11) is 0. The van der Waals surface area contributed by atoms with Gasteiger partial charge in [-0.2, -0.15) is 0 Å². The van der Waals surface area contributed by atoms with Gasteiger partial charge in [-0.15, -0.1) is 0 Å². The van der Waals surface area contributed by atoms with Gasteiger partial charge in [0.1, 0.15) is 0 Å². The fraction of sp³-hybridized carbons (Fsp3) is 0.905. The van der Waals surface area contributed by atoms with Crippen molar-refractivity contribution in [2.75, 3.05) is 0 Å². The molecule has 2 atom stereocenters. The average Bonchev–Trinajstić information content (AvgIpc) is 2.60. The fourth-order valence-corrected chi connectivity index (χ4v) is 17.8. The van der Waals surface area contributed by atoms with E-state index < -0.39 is 30.6 Å². The van der Waals surface area contributed by atoms with E-state index >= 15 is 0 Å². The number of aliphatic hydroxyl groups is 2. The van der Waals surface area contributed by atoms with E-state index in [0.717, 1.165) is 25.7 Å². The van der Waals surface area contributed by atoms with Crippen molar-refractivity contribution in [1.82, 2.24) is 0 Å². The van der Waals surface area contributed by atoms with Crippen molar-refractivity contribution in [1.29, 1.82) is 0 Å². The Bertz CT molecular complexity index is 282. The topological polar surface area (TPSA) is 40.5 Å². The van der Waals surface area contributed by atoms with Gasteiger partial charge in [0.2, 0.25) is 0 Å².